The minimum absolute atomic E-state index is 0.0933. The van der Waals surface area contributed by atoms with E-state index in [1.165, 1.54) is 18.2 Å². The molecular weight excluding hydrogens is 434 g/mol. The van der Waals surface area contributed by atoms with Crippen molar-refractivity contribution < 1.29 is 17.9 Å². The Morgan fingerprint density at radius 1 is 1.26 bits per heavy atom. The molecule has 0 aromatic heterocycles. The predicted octanol–water partition coefficient (Wildman–Crippen LogP) is 2.14. The van der Waals surface area contributed by atoms with Crippen LogP contribution in [0.3, 0.4) is 0 Å². The molecule has 0 fully saturated rings. The van der Waals surface area contributed by atoms with E-state index in [0.29, 0.717) is 11.0 Å². The molecule has 0 heterocycles. The topological polar surface area (TPSA) is 102 Å². The molecule has 1 atom stereocenters. The van der Waals surface area contributed by atoms with Crippen LogP contribution in [0.2, 0.25) is 0 Å². The number of carbonyl (C=O) groups is 1. The fraction of sp³-hybridized carbons (Fsp3) is 0.278. The molecule has 0 aliphatic heterocycles. The van der Waals surface area contributed by atoms with Crippen LogP contribution in [0.25, 0.3) is 0 Å². The Bertz CT molecular complexity index is 932. The fourth-order valence-electron chi connectivity index (χ4n) is 2.59. The zero-order valence-corrected chi connectivity index (χ0v) is 17.7. The zero-order chi connectivity index (χ0) is 20.2. The molecule has 27 heavy (non-hydrogen) atoms. The summed E-state index contributed by atoms with van der Waals surface area (Å²) in [4.78, 5) is 14.5. The molecule has 2 rings (SSSR count). The van der Waals surface area contributed by atoms with Gasteiger partial charge < -0.3 is 15.0 Å². The van der Waals surface area contributed by atoms with Gasteiger partial charge in [-0.1, -0.05) is 12.1 Å². The third-order valence-electron chi connectivity index (χ3n) is 4.07. The Morgan fingerprint density at radius 2 is 1.96 bits per heavy atom. The number of nitrogens with zero attached hydrogens (tertiary/aromatic N) is 1. The van der Waals surface area contributed by atoms with Crippen molar-refractivity contribution in [2.45, 2.75) is 10.9 Å². The van der Waals surface area contributed by atoms with Crippen LogP contribution < -0.4 is 15.2 Å². The quantitative estimate of drug-likeness (QED) is 0.665. The standard InChI is InChI=1S/C18H22BrN3O4S/c1-22(2)17(12-5-4-6-13(9-12)26-3)11-21-18(23)15-10-14(27(20,24)25)7-8-16(15)19/h4-10,17H,11H2,1-3H3,(H,21,23)(H2,20,24,25). The molecule has 7 nitrogen and oxygen atoms in total. The molecule has 0 spiro atoms. The van der Waals surface area contributed by atoms with Gasteiger partial charge in [-0.15, -0.1) is 0 Å². The molecule has 0 bridgehead atoms. The highest BCUT2D eigenvalue weighted by atomic mass is 79.9. The molecule has 1 unspecified atom stereocenters. The average Bonchev–Trinajstić information content (AvgIpc) is 2.61. The van der Waals surface area contributed by atoms with Crippen LogP contribution >= 0.6 is 15.9 Å². The lowest BCUT2D eigenvalue weighted by atomic mass is 10.1. The SMILES string of the molecule is COc1cccc(C(CNC(=O)c2cc(S(N)(=O)=O)ccc2Br)N(C)C)c1. The number of nitrogens with one attached hydrogen (secondary N) is 1. The number of rotatable bonds is 7. The van der Waals surface area contributed by atoms with Crippen molar-refractivity contribution in [3.63, 3.8) is 0 Å². The third kappa shape index (κ3) is 5.52. The lowest BCUT2D eigenvalue weighted by Crippen LogP contribution is -2.34. The number of methoxy groups -OCH3 is 1. The summed E-state index contributed by atoms with van der Waals surface area (Å²) in [5.74, 6) is 0.330. The summed E-state index contributed by atoms with van der Waals surface area (Å²) in [7, 11) is 1.53. The van der Waals surface area contributed by atoms with Gasteiger partial charge in [-0.05, 0) is 65.9 Å². The van der Waals surface area contributed by atoms with Crippen molar-refractivity contribution >= 4 is 31.9 Å². The number of amides is 1. The summed E-state index contributed by atoms with van der Waals surface area (Å²) < 4.78 is 28.8. The predicted molar refractivity (Wildman–Crippen MR) is 107 cm³/mol. The Labute approximate surface area is 167 Å². The molecule has 9 heteroatoms. The van der Waals surface area contributed by atoms with Crippen LogP contribution in [-0.4, -0.2) is 47.0 Å². The van der Waals surface area contributed by atoms with E-state index in [0.717, 1.165) is 11.3 Å². The van der Waals surface area contributed by atoms with E-state index in [9.17, 15) is 13.2 Å². The van der Waals surface area contributed by atoms with Crippen LogP contribution in [0.1, 0.15) is 22.0 Å². The molecule has 146 valence electrons. The minimum Gasteiger partial charge on any atom is -0.497 e. The maximum absolute atomic E-state index is 12.6. The monoisotopic (exact) mass is 455 g/mol. The highest BCUT2D eigenvalue weighted by Crippen LogP contribution is 2.23. The summed E-state index contributed by atoms with van der Waals surface area (Å²) in [6.45, 7) is 0.324. The summed E-state index contributed by atoms with van der Waals surface area (Å²) >= 11 is 3.27. The second-order valence-corrected chi connectivity index (χ2v) is 8.57. The number of hydrogen-bond acceptors (Lipinski definition) is 5. The van der Waals surface area contributed by atoms with E-state index in [4.69, 9.17) is 9.88 Å². The van der Waals surface area contributed by atoms with Gasteiger partial charge in [0.2, 0.25) is 10.0 Å². The van der Waals surface area contributed by atoms with E-state index in [2.05, 4.69) is 21.2 Å². The maximum atomic E-state index is 12.6. The first-order valence-electron chi connectivity index (χ1n) is 8.04. The zero-order valence-electron chi connectivity index (χ0n) is 15.3. The number of likely N-dealkylation sites (N-methyl/N-ethyl adjacent to an activating group) is 1. The van der Waals surface area contributed by atoms with Crippen LogP contribution in [0, 0.1) is 0 Å². The van der Waals surface area contributed by atoms with Gasteiger partial charge in [0, 0.05) is 11.0 Å². The van der Waals surface area contributed by atoms with Gasteiger partial charge >= 0.3 is 0 Å². The van der Waals surface area contributed by atoms with E-state index in [1.54, 1.807) is 7.11 Å². The highest BCUT2D eigenvalue weighted by Gasteiger charge is 2.19. The van der Waals surface area contributed by atoms with E-state index in [1.807, 2.05) is 43.3 Å². The summed E-state index contributed by atoms with van der Waals surface area (Å²) in [5.41, 5.74) is 1.18. The van der Waals surface area contributed by atoms with Crippen molar-refractivity contribution in [3.8, 4) is 5.75 Å². The van der Waals surface area contributed by atoms with Gasteiger partial charge in [0.25, 0.3) is 5.91 Å². The minimum atomic E-state index is -3.89. The molecule has 2 aromatic carbocycles. The van der Waals surface area contributed by atoms with Crippen molar-refractivity contribution in [1.29, 1.82) is 0 Å². The first kappa shape index (κ1) is 21.4. The van der Waals surface area contributed by atoms with Crippen LogP contribution in [0.15, 0.2) is 51.8 Å². The fourth-order valence-corrected chi connectivity index (χ4v) is 3.55. The summed E-state index contributed by atoms with van der Waals surface area (Å²) in [6.07, 6.45) is 0. The molecular formula is C18H22BrN3O4S. The maximum Gasteiger partial charge on any atom is 0.252 e. The molecule has 3 N–H and O–H groups in total. The third-order valence-corrected chi connectivity index (χ3v) is 5.67. The second kappa shape index (κ2) is 8.83. The Hall–Kier alpha value is -1.94. The van der Waals surface area contributed by atoms with Crippen molar-refractivity contribution in [3.05, 3.63) is 58.1 Å². The number of ether oxygens (including phenoxy) is 1. The molecule has 0 saturated carbocycles. The molecule has 0 aliphatic carbocycles. The lowest BCUT2D eigenvalue weighted by Gasteiger charge is -2.25. The van der Waals surface area contributed by atoms with Crippen molar-refractivity contribution in [2.75, 3.05) is 27.7 Å². The number of sulfonamides is 1. The number of hydrogen-bond donors (Lipinski definition) is 2. The Balaban J connectivity index is 2.21. The van der Waals surface area contributed by atoms with Crippen LogP contribution in [-0.2, 0) is 10.0 Å². The number of halogens is 1. The number of primary sulfonamides is 1. The van der Waals surface area contributed by atoms with Gasteiger partial charge in [0.15, 0.2) is 0 Å². The first-order valence-corrected chi connectivity index (χ1v) is 10.4. The number of nitrogens with two attached hydrogens (primary N) is 1. The van der Waals surface area contributed by atoms with E-state index < -0.39 is 15.9 Å². The highest BCUT2D eigenvalue weighted by molar-refractivity contribution is 9.10. The Kier molecular flexibility index (Phi) is 6.99. The van der Waals surface area contributed by atoms with Crippen LogP contribution in [0.5, 0.6) is 5.75 Å². The van der Waals surface area contributed by atoms with Crippen LogP contribution in [0.4, 0.5) is 0 Å². The average molecular weight is 456 g/mol. The lowest BCUT2D eigenvalue weighted by molar-refractivity contribution is 0.0941. The molecule has 1 amide bonds. The molecule has 0 saturated heterocycles. The van der Waals surface area contributed by atoms with Gasteiger partial charge in [-0.3, -0.25) is 4.79 Å². The summed E-state index contributed by atoms with van der Waals surface area (Å²) in [6, 6.07) is 11.6. The Morgan fingerprint density at radius 3 is 2.56 bits per heavy atom. The smallest absolute Gasteiger partial charge is 0.252 e. The van der Waals surface area contributed by atoms with Gasteiger partial charge in [-0.2, -0.15) is 0 Å². The van der Waals surface area contributed by atoms with Gasteiger partial charge in [0.05, 0.1) is 23.6 Å². The molecule has 0 radical (unpaired) electrons. The van der Waals surface area contributed by atoms with E-state index >= 15 is 0 Å². The largest absolute Gasteiger partial charge is 0.497 e. The second-order valence-electron chi connectivity index (χ2n) is 6.15. The van der Waals surface area contributed by atoms with Gasteiger partial charge in [0.1, 0.15) is 5.75 Å². The van der Waals surface area contributed by atoms with E-state index in [-0.39, 0.29) is 16.5 Å². The molecule has 0 aliphatic rings. The van der Waals surface area contributed by atoms with Crippen molar-refractivity contribution in [2.24, 2.45) is 5.14 Å². The summed E-state index contributed by atoms with van der Waals surface area (Å²) in [5, 5.41) is 8.00. The number of benzene rings is 2. The first-order chi connectivity index (χ1) is 12.6. The molecule has 2 aromatic rings. The van der Waals surface area contributed by atoms with Crippen molar-refractivity contribution in [1.82, 2.24) is 10.2 Å². The van der Waals surface area contributed by atoms with Gasteiger partial charge in [-0.25, -0.2) is 13.6 Å². The number of carbonyl (C=O) groups excluding carboxylic acids is 1. The normalized spacial score (nSPS) is 12.7.